The van der Waals surface area contributed by atoms with Crippen molar-refractivity contribution >= 4 is 18.5 Å². The quantitative estimate of drug-likeness (QED) is 0.786. The number of rotatable bonds is 2. The van der Waals surface area contributed by atoms with Crippen LogP contribution in [-0.2, 0) is 9.31 Å². The molecule has 124 valence electrons. The van der Waals surface area contributed by atoms with E-state index in [-0.39, 0.29) is 5.91 Å². The number of likely N-dealkylation sites (tertiary alicyclic amines) is 1. The first kappa shape index (κ1) is 16.5. The highest BCUT2D eigenvalue weighted by atomic mass is 19.1. The molecule has 0 saturated carbocycles. The lowest BCUT2D eigenvalue weighted by Gasteiger charge is -2.32. The molecule has 0 unspecified atom stereocenters. The van der Waals surface area contributed by atoms with Crippen LogP contribution in [0.5, 0.6) is 0 Å². The van der Waals surface area contributed by atoms with Crippen LogP contribution in [0, 0.1) is 5.82 Å². The molecule has 0 atom stereocenters. The van der Waals surface area contributed by atoms with Crippen molar-refractivity contribution in [2.75, 3.05) is 13.1 Å². The molecule has 0 radical (unpaired) electrons. The van der Waals surface area contributed by atoms with Crippen LogP contribution >= 0.6 is 0 Å². The predicted octanol–water partition coefficient (Wildman–Crippen LogP) is 2.36. The van der Waals surface area contributed by atoms with Gasteiger partial charge in [0.15, 0.2) is 0 Å². The van der Waals surface area contributed by atoms with E-state index in [1.807, 2.05) is 27.7 Å². The summed E-state index contributed by atoms with van der Waals surface area (Å²) in [6.07, 6.45) is 2.01. The first-order valence-electron chi connectivity index (χ1n) is 8.15. The molecule has 6 heteroatoms. The summed E-state index contributed by atoms with van der Waals surface area (Å²) in [5.41, 5.74) is -0.0885. The average molecular weight is 319 g/mol. The molecule has 2 fully saturated rings. The molecule has 0 aromatic heterocycles. The normalized spacial score (nSPS) is 22.7. The largest absolute Gasteiger partial charge is 0.494 e. The van der Waals surface area contributed by atoms with E-state index < -0.39 is 24.1 Å². The van der Waals surface area contributed by atoms with Crippen molar-refractivity contribution in [3.8, 4) is 0 Å². The van der Waals surface area contributed by atoms with Crippen LogP contribution in [0.3, 0.4) is 0 Å². The molecule has 0 N–H and O–H groups in total. The maximum Gasteiger partial charge on any atom is 0.494 e. The fraction of sp³-hybridized carbons (Fsp3) is 0.588. The SMILES string of the molecule is CC1(C)OB(c2cc(F)cc(C(=O)N3CCCC3)c2)OC1(C)C. The second-order valence-electron chi connectivity index (χ2n) is 7.36. The summed E-state index contributed by atoms with van der Waals surface area (Å²) in [5, 5.41) is 0. The van der Waals surface area contributed by atoms with E-state index >= 15 is 0 Å². The first-order valence-corrected chi connectivity index (χ1v) is 8.15. The van der Waals surface area contributed by atoms with Crippen LogP contribution in [0.15, 0.2) is 18.2 Å². The molecule has 0 bridgehead atoms. The third-order valence-electron chi connectivity index (χ3n) is 5.09. The second-order valence-corrected chi connectivity index (χ2v) is 7.36. The summed E-state index contributed by atoms with van der Waals surface area (Å²) < 4.78 is 25.9. The Bertz CT molecular complexity index is 610. The van der Waals surface area contributed by atoms with E-state index in [2.05, 4.69) is 0 Å². The van der Waals surface area contributed by atoms with Crippen LogP contribution in [-0.4, -0.2) is 42.2 Å². The van der Waals surface area contributed by atoms with Crippen LogP contribution in [0.25, 0.3) is 0 Å². The number of carbonyl (C=O) groups excluding carboxylic acids is 1. The topological polar surface area (TPSA) is 38.8 Å². The van der Waals surface area contributed by atoms with Gasteiger partial charge in [-0.1, -0.05) is 0 Å². The van der Waals surface area contributed by atoms with Gasteiger partial charge in [0.2, 0.25) is 0 Å². The smallest absolute Gasteiger partial charge is 0.399 e. The molecule has 3 rings (SSSR count). The van der Waals surface area contributed by atoms with Gasteiger partial charge in [-0.3, -0.25) is 4.79 Å². The number of halogens is 1. The Morgan fingerprint density at radius 3 is 2.22 bits per heavy atom. The van der Waals surface area contributed by atoms with Gasteiger partial charge in [-0.15, -0.1) is 0 Å². The molecule has 2 aliphatic heterocycles. The highest BCUT2D eigenvalue weighted by Gasteiger charge is 2.51. The van der Waals surface area contributed by atoms with Gasteiger partial charge in [0.1, 0.15) is 5.82 Å². The second kappa shape index (κ2) is 5.60. The fourth-order valence-corrected chi connectivity index (χ4v) is 2.95. The molecule has 0 spiro atoms. The summed E-state index contributed by atoms with van der Waals surface area (Å²) >= 11 is 0. The molecule has 1 amide bonds. The van der Waals surface area contributed by atoms with Gasteiger partial charge in [-0.2, -0.15) is 0 Å². The molecule has 0 aliphatic carbocycles. The van der Waals surface area contributed by atoms with Crippen molar-refractivity contribution in [1.82, 2.24) is 4.90 Å². The van der Waals surface area contributed by atoms with Crippen molar-refractivity contribution in [3.05, 3.63) is 29.6 Å². The molecule has 1 aromatic rings. The number of carbonyl (C=O) groups is 1. The van der Waals surface area contributed by atoms with Gasteiger partial charge in [0.05, 0.1) is 11.2 Å². The third-order valence-corrected chi connectivity index (χ3v) is 5.09. The average Bonchev–Trinajstić information content (AvgIpc) is 3.04. The van der Waals surface area contributed by atoms with Crippen molar-refractivity contribution in [2.45, 2.75) is 51.7 Å². The summed E-state index contributed by atoms with van der Waals surface area (Å²) in [4.78, 5) is 14.3. The van der Waals surface area contributed by atoms with E-state index in [4.69, 9.17) is 9.31 Å². The van der Waals surface area contributed by atoms with E-state index in [0.29, 0.717) is 11.0 Å². The molecular weight excluding hydrogens is 296 g/mol. The lowest BCUT2D eigenvalue weighted by Crippen LogP contribution is -2.41. The fourth-order valence-electron chi connectivity index (χ4n) is 2.95. The summed E-state index contributed by atoms with van der Waals surface area (Å²) in [5.74, 6) is -0.570. The van der Waals surface area contributed by atoms with Crippen LogP contribution in [0.4, 0.5) is 4.39 Å². The van der Waals surface area contributed by atoms with Gasteiger partial charge in [-0.05, 0) is 64.2 Å². The molecule has 2 heterocycles. The number of benzene rings is 1. The summed E-state index contributed by atoms with van der Waals surface area (Å²) in [6, 6.07) is 4.35. The Morgan fingerprint density at radius 2 is 1.65 bits per heavy atom. The number of amides is 1. The van der Waals surface area contributed by atoms with Gasteiger partial charge < -0.3 is 14.2 Å². The van der Waals surface area contributed by atoms with E-state index in [9.17, 15) is 9.18 Å². The van der Waals surface area contributed by atoms with Gasteiger partial charge >= 0.3 is 7.12 Å². The number of hydrogen-bond acceptors (Lipinski definition) is 3. The lowest BCUT2D eigenvalue weighted by molar-refractivity contribution is 0.00578. The van der Waals surface area contributed by atoms with Crippen LogP contribution in [0.2, 0.25) is 0 Å². The van der Waals surface area contributed by atoms with Crippen molar-refractivity contribution < 1.29 is 18.5 Å². The highest BCUT2D eigenvalue weighted by Crippen LogP contribution is 2.36. The molecule has 23 heavy (non-hydrogen) atoms. The van der Waals surface area contributed by atoms with Crippen LogP contribution in [0.1, 0.15) is 50.9 Å². The highest BCUT2D eigenvalue weighted by molar-refractivity contribution is 6.62. The standard InChI is InChI=1S/C17H23BFNO3/c1-16(2)17(3,4)23-18(22-16)13-9-12(10-14(19)11-13)15(21)20-7-5-6-8-20/h9-11H,5-8H2,1-4H3. The Morgan fingerprint density at radius 1 is 1.09 bits per heavy atom. The van der Waals surface area contributed by atoms with E-state index in [0.717, 1.165) is 25.9 Å². The number of nitrogens with zero attached hydrogens (tertiary/aromatic N) is 1. The van der Waals surface area contributed by atoms with Crippen molar-refractivity contribution in [1.29, 1.82) is 0 Å². The molecule has 2 saturated heterocycles. The predicted molar refractivity (Wildman–Crippen MR) is 87.3 cm³/mol. The maximum atomic E-state index is 14.0. The Balaban J connectivity index is 1.88. The number of hydrogen-bond donors (Lipinski definition) is 0. The molecule has 1 aromatic carbocycles. The summed E-state index contributed by atoms with van der Waals surface area (Å²) in [6.45, 7) is 9.26. The van der Waals surface area contributed by atoms with Gasteiger partial charge in [0.25, 0.3) is 5.91 Å². The zero-order valence-electron chi connectivity index (χ0n) is 14.2. The maximum absolute atomic E-state index is 14.0. The zero-order chi connectivity index (χ0) is 16.8. The van der Waals surface area contributed by atoms with Gasteiger partial charge in [0, 0.05) is 18.7 Å². The molecule has 4 nitrogen and oxygen atoms in total. The van der Waals surface area contributed by atoms with Gasteiger partial charge in [-0.25, -0.2) is 4.39 Å². The van der Waals surface area contributed by atoms with E-state index in [1.165, 1.54) is 12.1 Å². The third kappa shape index (κ3) is 3.02. The Hall–Kier alpha value is -1.40. The Kier molecular flexibility index (Phi) is 4.01. The minimum absolute atomic E-state index is 0.125. The van der Waals surface area contributed by atoms with Crippen LogP contribution < -0.4 is 5.46 Å². The van der Waals surface area contributed by atoms with Crippen molar-refractivity contribution in [2.24, 2.45) is 0 Å². The van der Waals surface area contributed by atoms with E-state index in [1.54, 1.807) is 11.0 Å². The molecule has 2 aliphatic rings. The summed E-state index contributed by atoms with van der Waals surface area (Å²) in [7, 11) is -0.666. The Labute approximate surface area is 137 Å². The minimum Gasteiger partial charge on any atom is -0.399 e. The van der Waals surface area contributed by atoms with Crippen molar-refractivity contribution in [3.63, 3.8) is 0 Å². The first-order chi connectivity index (χ1) is 10.7. The monoisotopic (exact) mass is 319 g/mol. The zero-order valence-corrected chi connectivity index (χ0v) is 14.2. The molecular formula is C17H23BFNO3. The lowest BCUT2D eigenvalue weighted by atomic mass is 9.78. The minimum atomic E-state index is -0.666.